The minimum absolute atomic E-state index is 0.524. The van der Waals surface area contributed by atoms with E-state index in [0.717, 1.165) is 18.2 Å². The molecule has 130 valence electrons. The first kappa shape index (κ1) is 18.3. The molecule has 2 aromatic carbocycles. The fourth-order valence-corrected chi connectivity index (χ4v) is 2.22. The molecule has 0 saturated carbocycles. The van der Waals surface area contributed by atoms with Crippen molar-refractivity contribution in [3.05, 3.63) is 83.4 Å². The fraction of sp³-hybridized carbons (Fsp3) is 0.105. The van der Waals surface area contributed by atoms with Crippen LogP contribution < -0.4 is 4.74 Å². The lowest BCUT2D eigenvalue weighted by Crippen LogP contribution is -2.04. The maximum absolute atomic E-state index is 12.7. The van der Waals surface area contributed by atoms with Crippen LogP contribution in [0, 0.1) is 0 Å². The maximum atomic E-state index is 12.7. The van der Waals surface area contributed by atoms with Gasteiger partial charge in [-0.1, -0.05) is 36.4 Å². The highest BCUT2D eigenvalue weighted by Gasteiger charge is 2.30. The number of rotatable bonds is 5. The number of benzene rings is 2. The minimum Gasteiger partial charge on any atom is -0.497 e. The molecule has 0 heterocycles. The molecule has 3 nitrogen and oxygen atoms in total. The second-order valence-corrected chi connectivity index (χ2v) is 5.08. The number of carboxylic acid groups (broad SMARTS) is 1. The summed E-state index contributed by atoms with van der Waals surface area (Å²) in [4.78, 5) is 10.6. The number of allylic oxidation sites excluding steroid dienone is 2. The zero-order chi connectivity index (χ0) is 18.4. The largest absolute Gasteiger partial charge is 0.497 e. The van der Waals surface area contributed by atoms with Crippen LogP contribution in [0.25, 0.3) is 5.57 Å². The van der Waals surface area contributed by atoms with Crippen LogP contribution in [0.2, 0.25) is 0 Å². The van der Waals surface area contributed by atoms with Gasteiger partial charge in [-0.15, -0.1) is 0 Å². The first-order chi connectivity index (χ1) is 11.8. The molecule has 1 N–H and O–H groups in total. The summed E-state index contributed by atoms with van der Waals surface area (Å²) in [5.41, 5.74) is 1.04. The molecule has 6 heteroatoms. The van der Waals surface area contributed by atoms with Crippen molar-refractivity contribution in [1.29, 1.82) is 0 Å². The zero-order valence-corrected chi connectivity index (χ0v) is 13.2. The molecule has 0 spiro atoms. The van der Waals surface area contributed by atoms with Crippen molar-refractivity contribution in [3.8, 4) is 5.75 Å². The predicted octanol–water partition coefficient (Wildman–Crippen LogP) is 4.79. The lowest BCUT2D eigenvalue weighted by molar-refractivity contribution is -0.137. The molecule has 25 heavy (non-hydrogen) atoms. The molecule has 0 aliphatic rings. The Balaban J connectivity index is 2.49. The van der Waals surface area contributed by atoms with Gasteiger partial charge in [-0.3, -0.25) is 0 Å². The van der Waals surface area contributed by atoms with Crippen molar-refractivity contribution >= 4 is 11.5 Å². The van der Waals surface area contributed by atoms with Crippen LogP contribution in [0.4, 0.5) is 13.2 Å². The topological polar surface area (TPSA) is 46.5 Å². The van der Waals surface area contributed by atoms with E-state index < -0.39 is 17.7 Å². The van der Waals surface area contributed by atoms with E-state index in [0.29, 0.717) is 22.4 Å². The average Bonchev–Trinajstić information content (AvgIpc) is 2.58. The van der Waals surface area contributed by atoms with E-state index in [-0.39, 0.29) is 0 Å². The summed E-state index contributed by atoms with van der Waals surface area (Å²) in [6.45, 7) is 0. The Morgan fingerprint density at radius 1 is 1.08 bits per heavy atom. The Morgan fingerprint density at radius 2 is 1.76 bits per heavy atom. The van der Waals surface area contributed by atoms with E-state index in [1.807, 2.05) is 0 Å². The van der Waals surface area contributed by atoms with Gasteiger partial charge >= 0.3 is 12.1 Å². The number of aliphatic carboxylic acids is 1. The second-order valence-electron chi connectivity index (χ2n) is 5.08. The molecule has 2 aromatic rings. The van der Waals surface area contributed by atoms with Crippen LogP contribution in [0.3, 0.4) is 0 Å². The van der Waals surface area contributed by atoms with Gasteiger partial charge in [0.15, 0.2) is 0 Å². The van der Waals surface area contributed by atoms with E-state index in [1.165, 1.54) is 31.4 Å². The van der Waals surface area contributed by atoms with E-state index >= 15 is 0 Å². The lowest BCUT2D eigenvalue weighted by atomic mass is 9.96. The number of carbonyl (C=O) groups is 1. The Hall–Kier alpha value is -3.02. The molecule has 0 atom stereocenters. The highest BCUT2D eigenvalue weighted by Crippen LogP contribution is 2.32. The van der Waals surface area contributed by atoms with E-state index in [9.17, 15) is 18.0 Å². The van der Waals surface area contributed by atoms with Crippen LogP contribution in [-0.2, 0) is 11.0 Å². The van der Waals surface area contributed by atoms with Crippen LogP contribution in [0.5, 0.6) is 5.75 Å². The third-order valence-corrected chi connectivity index (χ3v) is 3.41. The number of alkyl halides is 3. The number of hydrogen-bond donors (Lipinski definition) is 1. The summed E-state index contributed by atoms with van der Waals surface area (Å²) in [5, 5.41) is 8.71. The first-order valence-electron chi connectivity index (χ1n) is 7.24. The molecule has 0 fully saturated rings. The van der Waals surface area contributed by atoms with E-state index in [2.05, 4.69) is 0 Å². The molecule has 0 aliphatic carbocycles. The summed E-state index contributed by atoms with van der Waals surface area (Å²) in [6, 6.07) is 11.6. The van der Waals surface area contributed by atoms with E-state index in [1.54, 1.807) is 24.3 Å². The van der Waals surface area contributed by atoms with Gasteiger partial charge in [-0.25, -0.2) is 4.79 Å². The van der Waals surface area contributed by atoms with Gasteiger partial charge in [0.1, 0.15) is 5.75 Å². The van der Waals surface area contributed by atoms with Crippen molar-refractivity contribution in [3.63, 3.8) is 0 Å². The van der Waals surface area contributed by atoms with E-state index in [4.69, 9.17) is 9.84 Å². The van der Waals surface area contributed by atoms with Gasteiger partial charge in [-0.2, -0.15) is 13.2 Å². The molecular formula is C19H15F3O3. The lowest BCUT2D eigenvalue weighted by Gasteiger charge is -2.11. The average molecular weight is 348 g/mol. The number of methoxy groups -OCH3 is 1. The highest BCUT2D eigenvalue weighted by atomic mass is 19.4. The molecular weight excluding hydrogens is 333 g/mol. The van der Waals surface area contributed by atoms with Crippen molar-refractivity contribution in [2.45, 2.75) is 6.18 Å². The van der Waals surface area contributed by atoms with Crippen molar-refractivity contribution < 1.29 is 27.8 Å². The standard InChI is InChI=1S/C19H15F3O3/c1-25-16-5-2-4-14(12-16)17(6-3-7-18(23)24)13-8-10-15(11-9-13)19(20,21)22/h2-12H,1H3,(H,23,24)/b7-3+,17-6+. The van der Waals surface area contributed by atoms with Gasteiger partial charge < -0.3 is 9.84 Å². The van der Waals surface area contributed by atoms with Crippen LogP contribution in [0.1, 0.15) is 16.7 Å². The quantitative estimate of drug-likeness (QED) is 0.624. The third-order valence-electron chi connectivity index (χ3n) is 3.41. The number of hydrogen-bond acceptors (Lipinski definition) is 2. The zero-order valence-electron chi connectivity index (χ0n) is 13.2. The molecule has 0 unspecified atom stereocenters. The Labute approximate surface area is 142 Å². The molecule has 2 rings (SSSR count). The predicted molar refractivity (Wildman–Crippen MR) is 88.3 cm³/mol. The first-order valence-corrected chi connectivity index (χ1v) is 7.24. The third kappa shape index (κ3) is 4.97. The Kier molecular flexibility index (Phi) is 5.64. The van der Waals surface area contributed by atoms with Crippen LogP contribution in [0.15, 0.2) is 66.8 Å². The smallest absolute Gasteiger partial charge is 0.416 e. The minimum atomic E-state index is -4.42. The van der Waals surface area contributed by atoms with Gasteiger partial charge in [-0.05, 0) is 41.0 Å². The number of halogens is 3. The fourth-order valence-electron chi connectivity index (χ4n) is 2.22. The molecule has 0 aromatic heterocycles. The molecule has 0 amide bonds. The van der Waals surface area contributed by atoms with Crippen molar-refractivity contribution in [2.75, 3.05) is 7.11 Å². The normalized spacial score (nSPS) is 12.4. The molecule has 0 saturated heterocycles. The maximum Gasteiger partial charge on any atom is 0.416 e. The molecule has 0 aliphatic heterocycles. The molecule has 0 bridgehead atoms. The summed E-state index contributed by atoms with van der Waals surface area (Å²) >= 11 is 0. The number of ether oxygens (including phenoxy) is 1. The van der Waals surface area contributed by atoms with Crippen LogP contribution >= 0.6 is 0 Å². The van der Waals surface area contributed by atoms with Gasteiger partial charge in [0, 0.05) is 6.08 Å². The monoisotopic (exact) mass is 348 g/mol. The van der Waals surface area contributed by atoms with Gasteiger partial charge in [0.25, 0.3) is 0 Å². The summed E-state index contributed by atoms with van der Waals surface area (Å²) < 4.78 is 43.3. The van der Waals surface area contributed by atoms with Crippen LogP contribution in [-0.4, -0.2) is 18.2 Å². The Morgan fingerprint density at radius 3 is 2.32 bits per heavy atom. The number of carboxylic acids is 1. The highest BCUT2D eigenvalue weighted by molar-refractivity contribution is 5.84. The summed E-state index contributed by atoms with van der Waals surface area (Å²) in [5.74, 6) is -0.536. The van der Waals surface area contributed by atoms with Crippen molar-refractivity contribution in [2.24, 2.45) is 0 Å². The second kappa shape index (κ2) is 7.70. The van der Waals surface area contributed by atoms with Gasteiger partial charge in [0.2, 0.25) is 0 Å². The van der Waals surface area contributed by atoms with Crippen molar-refractivity contribution in [1.82, 2.24) is 0 Å². The van der Waals surface area contributed by atoms with Gasteiger partial charge in [0.05, 0.1) is 12.7 Å². The summed E-state index contributed by atoms with van der Waals surface area (Å²) in [6.07, 6.45) is -0.605. The summed E-state index contributed by atoms with van der Waals surface area (Å²) in [7, 11) is 1.50. The SMILES string of the molecule is COc1cccc(/C(=C/C=C/C(=O)O)c2ccc(C(F)(F)F)cc2)c1. The molecule has 0 radical (unpaired) electrons. The Bertz CT molecular complexity index is 803.